The zero-order valence-corrected chi connectivity index (χ0v) is 17.0. The van der Waals surface area contributed by atoms with Gasteiger partial charge in [-0.25, -0.2) is 13.4 Å². The molecule has 1 aliphatic rings. The van der Waals surface area contributed by atoms with Gasteiger partial charge in [-0.1, -0.05) is 31.2 Å². The van der Waals surface area contributed by atoms with Crippen LogP contribution in [-0.4, -0.2) is 64.3 Å². The maximum absolute atomic E-state index is 12.7. The minimum absolute atomic E-state index is 0.0481. The van der Waals surface area contributed by atoms with Gasteiger partial charge >= 0.3 is 0 Å². The zero-order chi connectivity index (χ0) is 18.6. The highest BCUT2D eigenvalue weighted by Gasteiger charge is 2.34. The molecule has 0 radical (unpaired) electrons. The number of hydrogen-bond donors (Lipinski definition) is 1. The molecule has 3 heterocycles. The predicted octanol–water partition coefficient (Wildman–Crippen LogP) is 2.44. The van der Waals surface area contributed by atoms with Crippen LogP contribution in [0.3, 0.4) is 0 Å². The Hall–Kier alpha value is -1.39. The summed E-state index contributed by atoms with van der Waals surface area (Å²) in [6, 6.07) is 3.70. The van der Waals surface area contributed by atoms with E-state index in [0.717, 1.165) is 17.7 Å². The second-order valence-electron chi connectivity index (χ2n) is 6.23. The number of nitrogens with zero attached hydrogens (tertiary/aromatic N) is 3. The van der Waals surface area contributed by atoms with E-state index in [0.29, 0.717) is 23.9 Å². The monoisotopic (exact) mass is 414 g/mol. The highest BCUT2D eigenvalue weighted by molar-refractivity contribution is 7.99. The molecule has 0 bridgehead atoms. The number of H-pyrrole nitrogens is 1. The summed E-state index contributed by atoms with van der Waals surface area (Å²) in [6.45, 7) is 2.66. The standard InChI is InChI=1S/C16H22N4O3S3/c1-2-3-7-20(12-6-9-26(22,23)11-12)14(21)10-25-16-17-15(18-19-16)13-5-4-8-24-13/h4-5,8,12H,2-3,6-7,9-11H2,1H3,(H,17,18,19)/t12-/m0/s1. The molecule has 1 N–H and O–H groups in total. The molecule has 10 heteroatoms. The summed E-state index contributed by atoms with van der Waals surface area (Å²) < 4.78 is 23.5. The molecule has 0 unspecified atom stereocenters. The maximum Gasteiger partial charge on any atom is 0.233 e. The molecule has 0 spiro atoms. The average molecular weight is 415 g/mol. The first-order chi connectivity index (χ1) is 12.5. The van der Waals surface area contributed by atoms with Crippen molar-refractivity contribution in [1.82, 2.24) is 20.1 Å². The SMILES string of the molecule is CCCCN(C(=O)CSc1n[nH]c(-c2cccs2)n1)[C@H]1CCS(=O)(=O)C1. The molecule has 3 rings (SSSR count). The molecule has 1 saturated heterocycles. The van der Waals surface area contributed by atoms with Crippen molar-refractivity contribution >= 4 is 38.8 Å². The normalized spacial score (nSPS) is 18.9. The molecular weight excluding hydrogens is 392 g/mol. The minimum Gasteiger partial charge on any atom is -0.338 e. The van der Waals surface area contributed by atoms with Gasteiger partial charge in [0, 0.05) is 12.6 Å². The van der Waals surface area contributed by atoms with Crippen LogP contribution in [-0.2, 0) is 14.6 Å². The molecule has 1 aliphatic heterocycles. The lowest BCUT2D eigenvalue weighted by Crippen LogP contribution is -2.42. The Bertz CT molecular complexity index is 833. The summed E-state index contributed by atoms with van der Waals surface area (Å²) in [5.74, 6) is 1.11. The van der Waals surface area contributed by atoms with Gasteiger partial charge in [-0.3, -0.25) is 9.89 Å². The van der Waals surface area contributed by atoms with Crippen LogP contribution in [0.1, 0.15) is 26.2 Å². The van der Waals surface area contributed by atoms with Crippen molar-refractivity contribution in [3.8, 4) is 10.7 Å². The van der Waals surface area contributed by atoms with E-state index in [1.807, 2.05) is 17.5 Å². The molecule has 1 amide bonds. The van der Waals surface area contributed by atoms with Crippen LogP contribution in [0.2, 0.25) is 0 Å². The molecule has 0 aliphatic carbocycles. The predicted molar refractivity (Wildman–Crippen MR) is 104 cm³/mol. The van der Waals surface area contributed by atoms with Gasteiger partial charge in [0.25, 0.3) is 0 Å². The number of sulfone groups is 1. The van der Waals surface area contributed by atoms with Crippen molar-refractivity contribution in [2.75, 3.05) is 23.8 Å². The molecular formula is C16H22N4O3S3. The Labute approximate surface area is 161 Å². The van der Waals surface area contributed by atoms with Gasteiger partial charge in [-0.15, -0.1) is 16.4 Å². The van der Waals surface area contributed by atoms with Gasteiger partial charge in [-0.2, -0.15) is 0 Å². The lowest BCUT2D eigenvalue weighted by molar-refractivity contribution is -0.130. The van der Waals surface area contributed by atoms with Crippen LogP contribution in [0.5, 0.6) is 0 Å². The Morgan fingerprint density at radius 2 is 2.35 bits per heavy atom. The first kappa shape index (κ1) is 19.4. The van der Waals surface area contributed by atoms with Crippen molar-refractivity contribution in [1.29, 1.82) is 0 Å². The third-order valence-corrected chi connectivity index (χ3v) is 7.73. The van der Waals surface area contributed by atoms with Crippen molar-refractivity contribution in [2.24, 2.45) is 0 Å². The number of thiophene rings is 1. The summed E-state index contributed by atoms with van der Waals surface area (Å²) in [5.41, 5.74) is 0. The highest BCUT2D eigenvalue weighted by Crippen LogP contribution is 2.24. The van der Waals surface area contributed by atoms with Crippen LogP contribution < -0.4 is 0 Å². The van der Waals surface area contributed by atoms with E-state index in [1.165, 1.54) is 11.8 Å². The van der Waals surface area contributed by atoms with Crippen LogP contribution in [0.25, 0.3) is 10.7 Å². The Kier molecular flexibility index (Phi) is 6.36. The lowest BCUT2D eigenvalue weighted by atomic mass is 10.2. The zero-order valence-electron chi connectivity index (χ0n) is 14.6. The fourth-order valence-corrected chi connectivity index (χ4v) is 5.98. The van der Waals surface area contributed by atoms with Crippen LogP contribution in [0, 0.1) is 0 Å². The molecule has 7 nitrogen and oxygen atoms in total. The van der Waals surface area contributed by atoms with Gasteiger partial charge in [0.2, 0.25) is 11.1 Å². The number of unbranched alkanes of at least 4 members (excludes halogenated alkanes) is 1. The minimum atomic E-state index is -3.02. The third kappa shape index (κ3) is 4.86. The molecule has 0 aromatic carbocycles. The maximum atomic E-state index is 12.7. The third-order valence-electron chi connectivity index (χ3n) is 4.27. The topological polar surface area (TPSA) is 96.0 Å². The van der Waals surface area contributed by atoms with E-state index in [1.54, 1.807) is 16.2 Å². The summed E-state index contributed by atoms with van der Waals surface area (Å²) >= 11 is 2.85. The van der Waals surface area contributed by atoms with Gasteiger partial charge in [0.15, 0.2) is 15.7 Å². The molecule has 1 fully saturated rings. The van der Waals surface area contributed by atoms with Crippen molar-refractivity contribution in [3.63, 3.8) is 0 Å². The Morgan fingerprint density at radius 3 is 3.00 bits per heavy atom. The van der Waals surface area contributed by atoms with Gasteiger partial charge in [0.1, 0.15) is 0 Å². The number of aromatic nitrogens is 3. The molecule has 0 saturated carbocycles. The van der Waals surface area contributed by atoms with E-state index >= 15 is 0 Å². The smallest absolute Gasteiger partial charge is 0.233 e. The number of hydrogen-bond acceptors (Lipinski definition) is 7. The first-order valence-electron chi connectivity index (χ1n) is 8.57. The van der Waals surface area contributed by atoms with Crippen molar-refractivity contribution < 1.29 is 13.2 Å². The van der Waals surface area contributed by atoms with Crippen LogP contribution >= 0.6 is 23.1 Å². The summed E-state index contributed by atoms with van der Waals surface area (Å²) in [4.78, 5) is 19.8. The number of thioether (sulfide) groups is 1. The lowest BCUT2D eigenvalue weighted by Gasteiger charge is -2.28. The number of carbonyl (C=O) groups excluding carboxylic acids is 1. The van der Waals surface area contributed by atoms with Gasteiger partial charge in [0.05, 0.1) is 22.1 Å². The molecule has 2 aromatic heterocycles. The molecule has 26 heavy (non-hydrogen) atoms. The van der Waals surface area contributed by atoms with Gasteiger partial charge < -0.3 is 4.90 Å². The summed E-state index contributed by atoms with van der Waals surface area (Å²) in [6.07, 6.45) is 2.36. The summed E-state index contributed by atoms with van der Waals surface area (Å²) in [5, 5.41) is 9.53. The largest absolute Gasteiger partial charge is 0.338 e. The number of nitrogens with one attached hydrogen (secondary N) is 1. The fourth-order valence-electron chi connectivity index (χ4n) is 2.90. The van der Waals surface area contributed by atoms with E-state index in [4.69, 9.17) is 0 Å². The fraction of sp³-hybridized carbons (Fsp3) is 0.562. The molecule has 2 aromatic rings. The van der Waals surface area contributed by atoms with Crippen molar-refractivity contribution in [2.45, 2.75) is 37.4 Å². The Balaban J connectivity index is 1.60. The van der Waals surface area contributed by atoms with E-state index in [2.05, 4.69) is 22.1 Å². The van der Waals surface area contributed by atoms with E-state index < -0.39 is 9.84 Å². The summed E-state index contributed by atoms with van der Waals surface area (Å²) in [7, 11) is -3.02. The quantitative estimate of drug-likeness (QED) is 0.667. The number of carbonyl (C=O) groups is 1. The second kappa shape index (κ2) is 8.53. The first-order valence-corrected chi connectivity index (χ1v) is 12.3. The number of amides is 1. The molecule has 1 atom stereocenters. The average Bonchev–Trinajstić information content (AvgIpc) is 3.33. The van der Waals surface area contributed by atoms with E-state index in [9.17, 15) is 13.2 Å². The van der Waals surface area contributed by atoms with Gasteiger partial charge in [-0.05, 0) is 24.3 Å². The van der Waals surface area contributed by atoms with Crippen LogP contribution in [0.4, 0.5) is 0 Å². The van der Waals surface area contributed by atoms with Crippen molar-refractivity contribution in [3.05, 3.63) is 17.5 Å². The highest BCUT2D eigenvalue weighted by atomic mass is 32.2. The van der Waals surface area contributed by atoms with E-state index in [-0.39, 0.29) is 29.2 Å². The number of aromatic amines is 1. The van der Waals surface area contributed by atoms with Crippen LogP contribution in [0.15, 0.2) is 22.7 Å². The second-order valence-corrected chi connectivity index (χ2v) is 10.3. The Morgan fingerprint density at radius 1 is 1.50 bits per heavy atom. The number of rotatable bonds is 8. The molecule has 142 valence electrons.